The highest BCUT2D eigenvalue weighted by Gasteiger charge is 2.37. The molecule has 2 atom stereocenters. The Hall–Kier alpha value is -0.950. The summed E-state index contributed by atoms with van der Waals surface area (Å²) in [6.07, 6.45) is 1.83. The molecule has 2 saturated heterocycles. The van der Waals surface area contributed by atoms with Crippen molar-refractivity contribution in [3.8, 4) is 0 Å². The lowest BCUT2D eigenvalue weighted by Crippen LogP contribution is -2.53. The number of thioether (sulfide) groups is 1. The Balaban J connectivity index is 2.01. The minimum Gasteiger partial charge on any atom is -0.480 e. The average molecular weight is 259 g/mol. The van der Waals surface area contributed by atoms with E-state index in [1.807, 2.05) is 0 Å². The number of hydrogen-bond donors (Lipinski definition) is 2. The maximum absolute atomic E-state index is 12.2. The Morgan fingerprint density at radius 1 is 1.41 bits per heavy atom. The number of aliphatic carboxylic acids is 1. The molecule has 0 aliphatic carbocycles. The van der Waals surface area contributed by atoms with Crippen LogP contribution < -0.4 is 5.73 Å². The van der Waals surface area contributed by atoms with Crippen LogP contribution in [0, 0.1) is 0 Å². The molecule has 7 heteroatoms. The molecule has 2 amide bonds. The number of hydrogen-bond acceptors (Lipinski definition) is 4. The van der Waals surface area contributed by atoms with E-state index in [-0.39, 0.29) is 12.1 Å². The lowest BCUT2D eigenvalue weighted by Gasteiger charge is -2.34. The zero-order valence-electron chi connectivity index (χ0n) is 9.54. The molecule has 0 aromatic heterocycles. The van der Waals surface area contributed by atoms with Gasteiger partial charge in [0.2, 0.25) is 0 Å². The van der Waals surface area contributed by atoms with Crippen molar-refractivity contribution in [3.05, 3.63) is 0 Å². The van der Waals surface area contributed by atoms with Gasteiger partial charge in [0.1, 0.15) is 6.04 Å². The van der Waals surface area contributed by atoms with Crippen LogP contribution in [0.3, 0.4) is 0 Å². The van der Waals surface area contributed by atoms with Crippen molar-refractivity contribution < 1.29 is 14.7 Å². The van der Waals surface area contributed by atoms with E-state index in [4.69, 9.17) is 10.8 Å². The Kier molecular flexibility index (Phi) is 3.78. The van der Waals surface area contributed by atoms with Gasteiger partial charge in [0.05, 0.1) is 5.88 Å². The zero-order chi connectivity index (χ0) is 12.4. The van der Waals surface area contributed by atoms with Crippen molar-refractivity contribution in [1.82, 2.24) is 9.80 Å². The third kappa shape index (κ3) is 2.66. The number of piperidine rings is 1. The van der Waals surface area contributed by atoms with Crippen LogP contribution in [0.5, 0.6) is 0 Å². The first-order chi connectivity index (χ1) is 8.09. The number of nitrogens with two attached hydrogens (primary N) is 1. The Morgan fingerprint density at radius 3 is 2.82 bits per heavy atom. The summed E-state index contributed by atoms with van der Waals surface area (Å²) in [6, 6.07) is -0.852. The zero-order valence-corrected chi connectivity index (χ0v) is 10.4. The van der Waals surface area contributed by atoms with Gasteiger partial charge in [0.25, 0.3) is 0 Å². The average Bonchev–Trinajstić information content (AvgIpc) is 2.77. The number of carbonyl (C=O) groups excluding carboxylic acids is 1. The number of nitrogens with zero attached hydrogens (tertiary/aromatic N) is 2. The number of rotatable bonds is 1. The van der Waals surface area contributed by atoms with E-state index >= 15 is 0 Å². The molecule has 2 aliphatic heterocycles. The van der Waals surface area contributed by atoms with E-state index in [2.05, 4.69) is 0 Å². The number of likely N-dealkylation sites (tertiary alicyclic amines) is 1. The van der Waals surface area contributed by atoms with E-state index in [1.165, 1.54) is 16.7 Å². The minimum absolute atomic E-state index is 0.0197. The van der Waals surface area contributed by atoms with Gasteiger partial charge in [-0.1, -0.05) is 0 Å². The monoisotopic (exact) mass is 259 g/mol. The van der Waals surface area contributed by atoms with E-state index < -0.39 is 12.0 Å². The van der Waals surface area contributed by atoms with Gasteiger partial charge in [-0.15, -0.1) is 11.8 Å². The summed E-state index contributed by atoms with van der Waals surface area (Å²) >= 11 is 1.48. The predicted molar refractivity (Wildman–Crippen MR) is 64.8 cm³/mol. The Labute approximate surface area is 104 Å². The Morgan fingerprint density at radius 2 is 2.18 bits per heavy atom. The second-order valence-corrected chi connectivity index (χ2v) is 5.45. The van der Waals surface area contributed by atoms with Gasteiger partial charge in [-0.25, -0.2) is 9.59 Å². The fourth-order valence-electron chi connectivity index (χ4n) is 2.20. The van der Waals surface area contributed by atoms with Crippen LogP contribution >= 0.6 is 11.8 Å². The maximum atomic E-state index is 12.2. The normalized spacial score (nSPS) is 29.5. The maximum Gasteiger partial charge on any atom is 0.327 e. The molecule has 0 spiro atoms. The first-order valence-corrected chi connectivity index (χ1v) is 6.86. The van der Waals surface area contributed by atoms with Gasteiger partial charge in [0.15, 0.2) is 0 Å². The second-order valence-electron chi connectivity index (χ2n) is 4.45. The first kappa shape index (κ1) is 12.5. The van der Waals surface area contributed by atoms with Gasteiger partial charge < -0.3 is 20.6 Å². The molecular formula is C10H17N3O3S. The molecule has 0 aromatic carbocycles. The highest BCUT2D eigenvalue weighted by molar-refractivity contribution is 7.99. The third-order valence-electron chi connectivity index (χ3n) is 3.14. The molecule has 0 aromatic rings. The first-order valence-electron chi connectivity index (χ1n) is 5.71. The van der Waals surface area contributed by atoms with Crippen molar-refractivity contribution in [3.63, 3.8) is 0 Å². The van der Waals surface area contributed by atoms with Crippen LogP contribution in [0.1, 0.15) is 12.8 Å². The number of carboxylic acid groups (broad SMARTS) is 1. The molecule has 3 N–H and O–H groups in total. The van der Waals surface area contributed by atoms with Gasteiger partial charge in [-0.2, -0.15) is 0 Å². The number of urea groups is 1. The quantitative estimate of drug-likeness (QED) is 0.691. The van der Waals surface area contributed by atoms with E-state index in [0.717, 1.165) is 12.8 Å². The summed E-state index contributed by atoms with van der Waals surface area (Å²) in [5, 5.41) is 9.03. The number of carbonyl (C=O) groups is 2. The molecule has 6 nitrogen and oxygen atoms in total. The van der Waals surface area contributed by atoms with Gasteiger partial charge in [-0.05, 0) is 12.8 Å². The molecule has 2 aliphatic rings. The molecule has 0 bridgehead atoms. The molecule has 2 unspecified atom stereocenters. The largest absolute Gasteiger partial charge is 0.480 e. The fraction of sp³-hybridized carbons (Fsp3) is 0.800. The molecule has 0 radical (unpaired) electrons. The van der Waals surface area contributed by atoms with Crippen molar-refractivity contribution in [1.29, 1.82) is 0 Å². The summed E-state index contributed by atoms with van der Waals surface area (Å²) in [7, 11) is 0. The second kappa shape index (κ2) is 5.14. The predicted octanol–water partition coefficient (Wildman–Crippen LogP) is -0.0110. The van der Waals surface area contributed by atoms with Crippen LogP contribution in [0.25, 0.3) is 0 Å². The molecule has 2 heterocycles. The molecule has 0 saturated carbocycles. The smallest absolute Gasteiger partial charge is 0.327 e. The molecular weight excluding hydrogens is 242 g/mol. The third-order valence-corrected chi connectivity index (χ3v) is 4.15. The summed E-state index contributed by atoms with van der Waals surface area (Å²) in [4.78, 5) is 26.3. The fourth-order valence-corrected chi connectivity index (χ4v) is 3.34. The molecule has 17 heavy (non-hydrogen) atoms. The van der Waals surface area contributed by atoms with Gasteiger partial charge in [-0.3, -0.25) is 0 Å². The van der Waals surface area contributed by atoms with E-state index in [0.29, 0.717) is 24.7 Å². The van der Waals surface area contributed by atoms with E-state index in [9.17, 15) is 9.59 Å². The van der Waals surface area contributed by atoms with Crippen LogP contribution in [-0.2, 0) is 4.79 Å². The van der Waals surface area contributed by atoms with Gasteiger partial charge in [0, 0.05) is 24.9 Å². The summed E-state index contributed by atoms with van der Waals surface area (Å²) in [5.74, 6) is 0.00680. The summed E-state index contributed by atoms with van der Waals surface area (Å²) in [5.41, 5.74) is 5.82. The van der Waals surface area contributed by atoms with Crippen molar-refractivity contribution >= 4 is 23.8 Å². The molecule has 96 valence electrons. The Bertz CT molecular complexity index is 326. The van der Waals surface area contributed by atoms with E-state index in [1.54, 1.807) is 4.90 Å². The topological polar surface area (TPSA) is 86.9 Å². The lowest BCUT2D eigenvalue weighted by molar-refractivity contribution is -0.140. The minimum atomic E-state index is -0.926. The summed E-state index contributed by atoms with van der Waals surface area (Å²) in [6.45, 7) is 1.21. The van der Waals surface area contributed by atoms with Crippen LogP contribution in [0.4, 0.5) is 4.79 Å². The SMILES string of the molecule is NC1CCCN(C(=O)N2CSCC2C(=O)O)C1. The number of carboxylic acids is 1. The van der Waals surface area contributed by atoms with Crippen molar-refractivity contribution in [2.24, 2.45) is 5.73 Å². The molecule has 2 rings (SSSR count). The highest BCUT2D eigenvalue weighted by atomic mass is 32.2. The summed E-state index contributed by atoms with van der Waals surface area (Å²) < 4.78 is 0. The van der Waals surface area contributed by atoms with Crippen LogP contribution in [-0.4, -0.2) is 63.7 Å². The number of amides is 2. The van der Waals surface area contributed by atoms with Crippen LogP contribution in [0.2, 0.25) is 0 Å². The lowest BCUT2D eigenvalue weighted by atomic mass is 10.1. The highest BCUT2D eigenvalue weighted by Crippen LogP contribution is 2.23. The molecule has 2 fully saturated rings. The van der Waals surface area contributed by atoms with Gasteiger partial charge >= 0.3 is 12.0 Å². The van der Waals surface area contributed by atoms with Crippen LogP contribution in [0.15, 0.2) is 0 Å². The van der Waals surface area contributed by atoms with Crippen molar-refractivity contribution in [2.45, 2.75) is 24.9 Å². The standard InChI is InChI=1S/C10H17N3O3S/c11-7-2-1-3-12(4-7)10(16)13-6-17-5-8(13)9(14)15/h7-8H,1-6,11H2,(H,14,15). The van der Waals surface area contributed by atoms with Crippen molar-refractivity contribution in [2.75, 3.05) is 24.7 Å².